The highest BCUT2D eigenvalue weighted by Crippen LogP contribution is 2.22. The molecule has 51 heavy (non-hydrogen) atoms. The molecule has 3 N–H and O–H groups in total. The lowest BCUT2D eigenvalue weighted by molar-refractivity contribution is -0.179. The number of ether oxygens (including phenoxy) is 5. The molecule has 0 spiro atoms. The van der Waals surface area contributed by atoms with E-state index in [0.29, 0.717) is 6.61 Å². The SMILES string of the molecule is CC(C)(C)OC(=O)Nc1nc(C(=NOC(C)(C)C(=O)OC(C)(C)C)C(=O)N[C@@H]2C(=O)N[C@@H]2CN2CC(COCOCC[Si](C)(C)C)OC2=O)cs1. The van der Waals surface area contributed by atoms with Crippen LogP contribution < -0.4 is 16.0 Å². The molecule has 1 aromatic heterocycles. The highest BCUT2D eigenvalue weighted by Gasteiger charge is 2.45. The molecule has 0 bridgehead atoms. The number of nitrogens with zero attached hydrogens (tertiary/aromatic N) is 3. The molecule has 1 unspecified atom stereocenters. The van der Waals surface area contributed by atoms with Gasteiger partial charge in [-0.15, -0.1) is 11.3 Å². The van der Waals surface area contributed by atoms with Crippen LogP contribution in [0.25, 0.3) is 0 Å². The van der Waals surface area contributed by atoms with Gasteiger partial charge in [0.05, 0.1) is 19.2 Å². The maximum atomic E-state index is 13.7. The van der Waals surface area contributed by atoms with E-state index in [-0.39, 0.29) is 43.0 Å². The number of carbonyl (C=O) groups is 5. The van der Waals surface area contributed by atoms with Crippen molar-refractivity contribution in [2.24, 2.45) is 5.16 Å². The van der Waals surface area contributed by atoms with Crippen LogP contribution in [0.15, 0.2) is 10.5 Å². The van der Waals surface area contributed by atoms with Crippen molar-refractivity contribution in [3.8, 4) is 0 Å². The van der Waals surface area contributed by atoms with Crippen LogP contribution >= 0.6 is 11.3 Å². The number of cyclic esters (lactones) is 1. The molecule has 2 aliphatic rings. The summed E-state index contributed by atoms with van der Waals surface area (Å²) in [7, 11) is -1.22. The zero-order valence-corrected chi connectivity index (χ0v) is 33.1. The van der Waals surface area contributed by atoms with Crippen LogP contribution in [0.3, 0.4) is 0 Å². The van der Waals surface area contributed by atoms with Crippen LogP contribution in [0.2, 0.25) is 25.7 Å². The second-order valence-corrected chi connectivity index (χ2v) is 22.4. The van der Waals surface area contributed by atoms with Crippen LogP contribution in [0.4, 0.5) is 14.7 Å². The summed E-state index contributed by atoms with van der Waals surface area (Å²) >= 11 is 0.984. The number of esters is 1. The number of β-lactam (4-membered cyclic amide) rings is 1. The van der Waals surface area contributed by atoms with Gasteiger partial charge in [-0.25, -0.2) is 19.4 Å². The third kappa shape index (κ3) is 13.7. The fourth-order valence-corrected chi connectivity index (χ4v) is 5.76. The molecule has 3 heterocycles. The molecule has 3 rings (SSSR count). The van der Waals surface area contributed by atoms with Gasteiger partial charge in [0.25, 0.3) is 5.91 Å². The highest BCUT2D eigenvalue weighted by molar-refractivity contribution is 7.14. The highest BCUT2D eigenvalue weighted by atomic mass is 32.1. The molecule has 2 aliphatic heterocycles. The molecule has 286 valence electrons. The second-order valence-electron chi connectivity index (χ2n) is 15.9. The van der Waals surface area contributed by atoms with Crippen molar-refractivity contribution in [2.45, 2.75) is 116 Å². The Morgan fingerprint density at radius 1 is 1.06 bits per heavy atom. The first-order valence-corrected chi connectivity index (χ1v) is 21.2. The van der Waals surface area contributed by atoms with E-state index >= 15 is 0 Å². The number of thiazole rings is 1. The topological polar surface area (TPSA) is 205 Å². The normalized spacial score (nSPS) is 19.9. The van der Waals surface area contributed by atoms with Crippen molar-refractivity contribution >= 4 is 60.2 Å². The van der Waals surface area contributed by atoms with E-state index in [9.17, 15) is 24.0 Å². The molecule has 0 saturated carbocycles. The molecular weight excluding hydrogens is 705 g/mol. The van der Waals surface area contributed by atoms with Crippen molar-refractivity contribution in [2.75, 3.05) is 38.4 Å². The predicted molar refractivity (Wildman–Crippen MR) is 190 cm³/mol. The number of nitrogens with one attached hydrogen (secondary N) is 3. The summed E-state index contributed by atoms with van der Waals surface area (Å²) in [6.45, 7) is 20.9. The third-order valence-electron chi connectivity index (χ3n) is 6.96. The number of aromatic nitrogens is 1. The first kappa shape index (κ1) is 41.6. The number of rotatable bonds is 16. The second kappa shape index (κ2) is 16.7. The lowest BCUT2D eigenvalue weighted by Gasteiger charge is -2.38. The number of carbonyl (C=O) groups excluding carboxylic acids is 5. The van der Waals surface area contributed by atoms with E-state index in [1.807, 2.05) is 0 Å². The molecule has 1 aromatic rings. The minimum atomic E-state index is -1.63. The molecule has 17 nitrogen and oxygen atoms in total. The average molecular weight is 757 g/mol. The van der Waals surface area contributed by atoms with Gasteiger partial charge in [-0.3, -0.25) is 14.9 Å². The lowest BCUT2D eigenvalue weighted by atomic mass is 9.98. The van der Waals surface area contributed by atoms with Crippen LogP contribution in [0.1, 0.15) is 61.1 Å². The summed E-state index contributed by atoms with van der Waals surface area (Å²) in [6.07, 6.45) is -1.87. The van der Waals surface area contributed by atoms with Gasteiger partial charge in [0, 0.05) is 26.6 Å². The van der Waals surface area contributed by atoms with Gasteiger partial charge >= 0.3 is 18.2 Å². The number of hydrogen-bond donors (Lipinski definition) is 3. The van der Waals surface area contributed by atoms with E-state index in [1.54, 1.807) is 41.5 Å². The van der Waals surface area contributed by atoms with Crippen LogP contribution in [0, 0.1) is 0 Å². The van der Waals surface area contributed by atoms with Gasteiger partial charge in [0.15, 0.2) is 10.8 Å². The predicted octanol–water partition coefficient (Wildman–Crippen LogP) is 3.46. The van der Waals surface area contributed by atoms with E-state index < -0.39 is 73.0 Å². The van der Waals surface area contributed by atoms with Gasteiger partial charge in [-0.2, -0.15) is 0 Å². The maximum absolute atomic E-state index is 13.7. The first-order chi connectivity index (χ1) is 23.4. The van der Waals surface area contributed by atoms with Crippen LogP contribution in [-0.2, 0) is 42.9 Å². The van der Waals surface area contributed by atoms with Crippen LogP contribution in [-0.4, -0.2) is 122 Å². The van der Waals surface area contributed by atoms with Gasteiger partial charge in [-0.1, -0.05) is 24.8 Å². The summed E-state index contributed by atoms with van der Waals surface area (Å²) in [5.41, 5.74) is -3.61. The zero-order valence-electron chi connectivity index (χ0n) is 31.3. The Bertz CT molecular complexity index is 1460. The standard InChI is InChI=1S/C32H52N6O11SSi/c1-30(2,3)47-26(41)32(7,8)49-37-23(21-17-50-27(34-21)36-28(42)48-31(4,5)6)25(40)35-22-20(33-24(22)39)15-38-14-19(46-29(38)43)16-45-18-44-12-13-51(9,10)11/h17,19-20,22H,12-16,18H2,1-11H3,(H,33,39)(H,35,40)(H,34,36,42)/t19?,20-,22+/m1/s1. The molecule has 0 aromatic carbocycles. The number of oxime groups is 1. The first-order valence-electron chi connectivity index (χ1n) is 16.6. The number of hydrogen-bond acceptors (Lipinski definition) is 14. The minimum absolute atomic E-state index is 0.0183. The fraction of sp³-hybridized carbons (Fsp3) is 0.719. The Balaban J connectivity index is 1.68. The summed E-state index contributed by atoms with van der Waals surface area (Å²) < 4.78 is 27.2. The van der Waals surface area contributed by atoms with E-state index in [1.165, 1.54) is 24.1 Å². The molecule has 0 radical (unpaired) electrons. The fourth-order valence-electron chi connectivity index (χ4n) is 4.33. The quantitative estimate of drug-likeness (QED) is 0.0324. The maximum Gasteiger partial charge on any atom is 0.413 e. The molecule has 2 saturated heterocycles. The smallest absolute Gasteiger partial charge is 0.413 e. The number of amides is 4. The molecule has 3 atom stereocenters. The van der Waals surface area contributed by atoms with Gasteiger partial charge in [-0.05, 0) is 61.4 Å². The van der Waals surface area contributed by atoms with E-state index in [0.717, 1.165) is 17.4 Å². The monoisotopic (exact) mass is 756 g/mol. The van der Waals surface area contributed by atoms with Gasteiger partial charge < -0.3 is 44.1 Å². The Morgan fingerprint density at radius 3 is 2.33 bits per heavy atom. The van der Waals surface area contributed by atoms with Crippen molar-refractivity contribution in [3.63, 3.8) is 0 Å². The average Bonchev–Trinajstić information content (AvgIpc) is 3.56. The molecule has 2 fully saturated rings. The molecule has 19 heteroatoms. The summed E-state index contributed by atoms with van der Waals surface area (Å²) in [5, 5.41) is 13.3. The van der Waals surface area contributed by atoms with Crippen LogP contribution in [0.5, 0.6) is 0 Å². The Labute approximate surface area is 303 Å². The molecule has 0 aliphatic carbocycles. The lowest BCUT2D eigenvalue weighted by Crippen LogP contribution is -2.72. The summed E-state index contributed by atoms with van der Waals surface area (Å²) in [6, 6.07) is -0.699. The van der Waals surface area contributed by atoms with Gasteiger partial charge in [0.2, 0.25) is 11.5 Å². The minimum Gasteiger partial charge on any atom is -0.457 e. The third-order valence-corrected chi connectivity index (χ3v) is 9.42. The molecule has 4 amide bonds. The van der Waals surface area contributed by atoms with E-state index in [2.05, 4.69) is 45.7 Å². The molecular formula is C32H52N6O11SSi. The Morgan fingerprint density at radius 2 is 1.73 bits per heavy atom. The Hall–Kier alpha value is -3.81. The number of anilines is 1. The van der Waals surface area contributed by atoms with Crippen molar-refractivity contribution in [3.05, 3.63) is 11.1 Å². The van der Waals surface area contributed by atoms with E-state index in [4.69, 9.17) is 28.5 Å². The summed E-state index contributed by atoms with van der Waals surface area (Å²) in [5.74, 6) is -2.09. The summed E-state index contributed by atoms with van der Waals surface area (Å²) in [4.78, 5) is 75.2. The largest absolute Gasteiger partial charge is 0.457 e. The van der Waals surface area contributed by atoms with Gasteiger partial charge in [0.1, 0.15) is 35.8 Å². The zero-order chi connectivity index (χ0) is 38.4. The van der Waals surface area contributed by atoms with Crippen molar-refractivity contribution in [1.82, 2.24) is 20.5 Å². The van der Waals surface area contributed by atoms with Crippen molar-refractivity contribution in [1.29, 1.82) is 0 Å². The van der Waals surface area contributed by atoms with Crippen molar-refractivity contribution < 1.29 is 52.5 Å². The Kier molecular flexibility index (Phi) is 13.6.